The smallest absolute Gasteiger partial charge is 0.338 e. The van der Waals surface area contributed by atoms with Crippen molar-refractivity contribution in [3.05, 3.63) is 58.5 Å². The lowest BCUT2D eigenvalue weighted by molar-refractivity contribution is 0.0599. The van der Waals surface area contributed by atoms with E-state index >= 15 is 0 Å². The first-order valence-electron chi connectivity index (χ1n) is 6.20. The van der Waals surface area contributed by atoms with Gasteiger partial charge in [-0.25, -0.2) is 14.2 Å². The maximum absolute atomic E-state index is 12.9. The lowest BCUT2D eigenvalue weighted by Gasteiger charge is -2.19. The maximum atomic E-state index is 12.9. The van der Waals surface area contributed by atoms with Crippen molar-refractivity contribution >= 4 is 23.4 Å². The maximum Gasteiger partial charge on any atom is 0.338 e. The molecule has 0 aliphatic heterocycles. The number of pyridine rings is 1. The largest absolute Gasteiger partial charge is 0.465 e. The summed E-state index contributed by atoms with van der Waals surface area (Å²) in [6.07, 6.45) is 1.15. The van der Waals surface area contributed by atoms with Gasteiger partial charge in [0.1, 0.15) is 11.6 Å². The third-order valence-corrected chi connectivity index (χ3v) is 3.22. The monoisotopic (exact) mass is 308 g/mol. The van der Waals surface area contributed by atoms with Gasteiger partial charge in [0.2, 0.25) is 0 Å². The van der Waals surface area contributed by atoms with Crippen molar-refractivity contribution in [1.82, 2.24) is 4.98 Å². The molecule has 0 saturated carbocycles. The molecule has 0 fully saturated rings. The molecule has 4 nitrogen and oxygen atoms in total. The Morgan fingerprint density at radius 3 is 2.76 bits per heavy atom. The summed E-state index contributed by atoms with van der Waals surface area (Å²) in [5, 5.41) is 0.460. The zero-order chi connectivity index (χ0) is 15.4. The molecule has 2 aromatic rings. The first-order chi connectivity index (χ1) is 10.0. The van der Waals surface area contributed by atoms with Crippen molar-refractivity contribution in [3.8, 4) is 0 Å². The number of benzene rings is 1. The average molecular weight is 309 g/mol. The van der Waals surface area contributed by atoms with Crippen LogP contribution in [0, 0.1) is 5.82 Å². The van der Waals surface area contributed by atoms with Crippen molar-refractivity contribution in [3.63, 3.8) is 0 Å². The Hall–Kier alpha value is -2.14. The van der Waals surface area contributed by atoms with E-state index in [1.54, 1.807) is 36.2 Å². The van der Waals surface area contributed by atoms with Crippen LogP contribution in [0.25, 0.3) is 0 Å². The fourth-order valence-electron chi connectivity index (χ4n) is 1.92. The molecule has 0 radical (unpaired) electrons. The Kier molecular flexibility index (Phi) is 4.75. The van der Waals surface area contributed by atoms with Gasteiger partial charge in [-0.2, -0.15) is 0 Å². The fraction of sp³-hybridized carbons (Fsp3) is 0.200. The van der Waals surface area contributed by atoms with E-state index in [-0.39, 0.29) is 0 Å². The van der Waals surface area contributed by atoms with Crippen molar-refractivity contribution < 1.29 is 13.9 Å². The number of ether oxygens (including phenoxy) is 1. The Morgan fingerprint density at radius 1 is 1.38 bits per heavy atom. The summed E-state index contributed by atoms with van der Waals surface area (Å²) in [6, 6.07) is 7.93. The Balaban J connectivity index is 2.26. The van der Waals surface area contributed by atoms with Crippen molar-refractivity contribution in [1.29, 1.82) is 0 Å². The van der Waals surface area contributed by atoms with Gasteiger partial charge in [-0.05, 0) is 29.8 Å². The number of hydrogen-bond acceptors (Lipinski definition) is 4. The number of carbonyl (C=O) groups is 1. The molecule has 0 spiro atoms. The Morgan fingerprint density at radius 2 is 2.14 bits per heavy atom. The summed E-state index contributed by atoms with van der Waals surface area (Å²) in [5.41, 5.74) is 1.15. The topological polar surface area (TPSA) is 42.4 Å². The fourth-order valence-corrected chi connectivity index (χ4v) is 2.09. The van der Waals surface area contributed by atoms with Gasteiger partial charge in [0, 0.05) is 18.6 Å². The number of aromatic nitrogens is 1. The summed E-state index contributed by atoms with van der Waals surface area (Å²) in [5.74, 6) is -0.246. The number of anilines is 1. The van der Waals surface area contributed by atoms with E-state index in [1.807, 2.05) is 0 Å². The van der Waals surface area contributed by atoms with Gasteiger partial charge in [0.05, 0.1) is 18.9 Å². The summed E-state index contributed by atoms with van der Waals surface area (Å²) in [6.45, 7) is 0.417. The van der Waals surface area contributed by atoms with Crippen LogP contribution in [-0.4, -0.2) is 25.1 Å². The van der Waals surface area contributed by atoms with Crippen LogP contribution in [0.1, 0.15) is 15.9 Å². The quantitative estimate of drug-likeness (QED) is 0.813. The van der Waals surface area contributed by atoms with Crippen LogP contribution in [0.2, 0.25) is 5.02 Å². The van der Waals surface area contributed by atoms with Gasteiger partial charge >= 0.3 is 5.97 Å². The van der Waals surface area contributed by atoms with Crippen molar-refractivity contribution in [2.45, 2.75) is 6.54 Å². The van der Waals surface area contributed by atoms with Crippen LogP contribution < -0.4 is 4.90 Å². The molecule has 0 aliphatic rings. The van der Waals surface area contributed by atoms with E-state index in [4.69, 9.17) is 16.3 Å². The number of esters is 1. The molecule has 1 aromatic carbocycles. The third kappa shape index (κ3) is 3.70. The van der Waals surface area contributed by atoms with Crippen LogP contribution in [0.3, 0.4) is 0 Å². The van der Waals surface area contributed by atoms with Gasteiger partial charge in [-0.3, -0.25) is 0 Å². The highest BCUT2D eigenvalue weighted by Gasteiger charge is 2.14. The second-order valence-corrected chi connectivity index (χ2v) is 4.92. The molecule has 0 N–H and O–H groups in total. The molecule has 1 aromatic heterocycles. The van der Waals surface area contributed by atoms with Gasteiger partial charge in [-0.15, -0.1) is 0 Å². The molecule has 21 heavy (non-hydrogen) atoms. The molecule has 6 heteroatoms. The minimum atomic E-state index is -0.451. The van der Waals surface area contributed by atoms with Crippen molar-refractivity contribution in [2.75, 3.05) is 19.1 Å². The van der Waals surface area contributed by atoms with Crippen LogP contribution in [0.5, 0.6) is 0 Å². The predicted octanol–water partition coefficient (Wildman–Crippen LogP) is 3.30. The average Bonchev–Trinajstić information content (AvgIpc) is 2.48. The number of hydrogen-bond donors (Lipinski definition) is 0. The highest BCUT2D eigenvalue weighted by molar-refractivity contribution is 6.31. The molecule has 0 atom stereocenters. The zero-order valence-corrected chi connectivity index (χ0v) is 12.4. The van der Waals surface area contributed by atoms with Crippen LogP contribution in [0.4, 0.5) is 10.2 Å². The molecule has 0 amide bonds. The van der Waals surface area contributed by atoms with Crippen LogP contribution in [-0.2, 0) is 11.3 Å². The number of rotatable bonds is 4. The van der Waals surface area contributed by atoms with Gasteiger partial charge in [0.25, 0.3) is 0 Å². The molecular formula is C15H14ClFN2O2. The molecule has 0 unspecified atom stereocenters. The first-order valence-corrected chi connectivity index (χ1v) is 6.58. The van der Waals surface area contributed by atoms with E-state index in [0.29, 0.717) is 22.9 Å². The number of methoxy groups -OCH3 is 1. The van der Waals surface area contributed by atoms with Gasteiger partial charge in [0.15, 0.2) is 0 Å². The van der Waals surface area contributed by atoms with Gasteiger partial charge in [-0.1, -0.05) is 17.7 Å². The summed E-state index contributed by atoms with van der Waals surface area (Å²) in [7, 11) is 3.12. The highest BCUT2D eigenvalue weighted by atomic mass is 35.5. The number of nitrogens with zero attached hydrogens (tertiary/aromatic N) is 2. The second-order valence-electron chi connectivity index (χ2n) is 4.48. The Bertz CT molecular complexity index is 647. The molecule has 0 bridgehead atoms. The van der Waals surface area contributed by atoms with E-state index < -0.39 is 11.8 Å². The zero-order valence-electron chi connectivity index (χ0n) is 11.6. The minimum Gasteiger partial charge on any atom is -0.465 e. The molecule has 2 rings (SSSR count). The van der Waals surface area contributed by atoms with E-state index in [2.05, 4.69) is 4.98 Å². The normalized spacial score (nSPS) is 10.3. The minimum absolute atomic E-state index is 0.395. The lowest BCUT2D eigenvalue weighted by Crippen LogP contribution is -2.20. The summed E-state index contributed by atoms with van der Waals surface area (Å²) in [4.78, 5) is 17.6. The summed E-state index contributed by atoms with van der Waals surface area (Å²) < 4.78 is 17.6. The van der Waals surface area contributed by atoms with Gasteiger partial charge < -0.3 is 9.64 Å². The number of halogens is 2. The van der Waals surface area contributed by atoms with E-state index in [9.17, 15) is 9.18 Å². The van der Waals surface area contributed by atoms with E-state index in [1.165, 1.54) is 13.2 Å². The van der Waals surface area contributed by atoms with Crippen molar-refractivity contribution in [2.24, 2.45) is 0 Å². The molecule has 0 saturated heterocycles. The second kappa shape index (κ2) is 6.54. The van der Waals surface area contributed by atoms with E-state index in [0.717, 1.165) is 11.8 Å². The predicted molar refractivity (Wildman–Crippen MR) is 79.1 cm³/mol. The Labute approximate surface area is 127 Å². The van der Waals surface area contributed by atoms with Crippen LogP contribution in [0.15, 0.2) is 36.5 Å². The third-order valence-electron chi connectivity index (χ3n) is 2.99. The SMILES string of the molecule is COC(=O)c1cc(Cl)ccc1CN(C)c1ccc(F)cn1. The molecule has 1 heterocycles. The molecular weight excluding hydrogens is 295 g/mol. The number of carbonyl (C=O) groups excluding carboxylic acids is 1. The summed E-state index contributed by atoms with van der Waals surface area (Å²) >= 11 is 5.91. The first kappa shape index (κ1) is 15.3. The molecule has 110 valence electrons. The lowest BCUT2D eigenvalue weighted by atomic mass is 10.1. The highest BCUT2D eigenvalue weighted by Crippen LogP contribution is 2.20. The molecule has 0 aliphatic carbocycles. The standard InChI is InChI=1S/C15H14ClFN2O2/c1-19(14-6-5-12(17)8-18-14)9-10-3-4-11(16)7-13(10)15(20)21-2/h3-8H,9H2,1-2H3. The van der Waals surface area contributed by atoms with Crippen LogP contribution >= 0.6 is 11.6 Å².